The number of nitrogens with one attached hydrogen (secondary N) is 2. The maximum Gasteiger partial charge on any atom is 0.217 e. The van der Waals surface area contributed by atoms with Gasteiger partial charge >= 0.3 is 0 Å². The molecule has 1 heterocycles. The van der Waals surface area contributed by atoms with E-state index in [2.05, 4.69) is 15.6 Å². The molecule has 6 nitrogen and oxygen atoms in total. The Morgan fingerprint density at radius 1 is 1.50 bits per heavy atom. The first kappa shape index (κ1) is 14.4. The summed E-state index contributed by atoms with van der Waals surface area (Å²) in [6, 6.07) is 1.78. The monoisotopic (exact) mass is 278 g/mol. The van der Waals surface area contributed by atoms with Crippen LogP contribution in [0.5, 0.6) is 5.88 Å². The Kier molecular flexibility index (Phi) is 5.03. The Bertz CT molecular complexity index is 459. The fraction of sp³-hybridized carbons (Fsp3) is 0.571. The Morgan fingerprint density at radius 3 is 2.90 bits per heavy atom. The van der Waals surface area contributed by atoms with E-state index >= 15 is 0 Å². The number of hydrogen-bond acceptors (Lipinski definition) is 6. The number of aromatic nitrogens is 1. The number of carbonyl (C=O) groups is 1. The van der Waals surface area contributed by atoms with Crippen LogP contribution in [-0.2, 0) is 4.79 Å². The maximum absolute atomic E-state index is 10.5. The number of pyridine rings is 1. The van der Waals surface area contributed by atoms with E-state index in [1.54, 1.807) is 13.1 Å². The number of aldehydes is 1. The van der Waals surface area contributed by atoms with Crippen molar-refractivity contribution in [2.24, 2.45) is 5.92 Å². The molecule has 20 heavy (non-hydrogen) atoms. The first-order valence-corrected chi connectivity index (χ1v) is 7.03. The number of hydrogen-bond donors (Lipinski definition) is 3. The van der Waals surface area contributed by atoms with Crippen molar-refractivity contribution < 1.29 is 9.53 Å². The lowest BCUT2D eigenvalue weighted by molar-refractivity contribution is -0.106. The van der Waals surface area contributed by atoms with Crippen LogP contribution in [0.3, 0.4) is 0 Å². The van der Waals surface area contributed by atoms with Crippen molar-refractivity contribution in [1.29, 1.82) is 0 Å². The molecular weight excluding hydrogens is 256 g/mol. The zero-order valence-corrected chi connectivity index (χ0v) is 11.8. The van der Waals surface area contributed by atoms with Crippen molar-refractivity contribution in [3.05, 3.63) is 6.07 Å². The predicted molar refractivity (Wildman–Crippen MR) is 80.2 cm³/mol. The van der Waals surface area contributed by atoms with Gasteiger partial charge in [0.05, 0.1) is 18.8 Å². The van der Waals surface area contributed by atoms with Gasteiger partial charge in [0.2, 0.25) is 5.88 Å². The topological polar surface area (TPSA) is 89.3 Å². The molecule has 4 N–H and O–H groups in total. The molecule has 1 aliphatic rings. The van der Waals surface area contributed by atoms with Gasteiger partial charge < -0.3 is 25.9 Å². The minimum Gasteiger partial charge on any atom is -0.477 e. The van der Waals surface area contributed by atoms with Crippen LogP contribution in [-0.4, -0.2) is 31.5 Å². The van der Waals surface area contributed by atoms with Crippen molar-refractivity contribution in [2.75, 3.05) is 36.6 Å². The molecule has 1 aromatic heterocycles. The van der Waals surface area contributed by atoms with Gasteiger partial charge in [-0.2, -0.15) is 4.98 Å². The molecule has 110 valence electrons. The number of nitrogens with zero attached hydrogens (tertiary/aromatic N) is 1. The van der Waals surface area contributed by atoms with E-state index in [0.717, 1.165) is 12.0 Å². The van der Waals surface area contributed by atoms with E-state index in [9.17, 15) is 4.79 Å². The van der Waals surface area contributed by atoms with Crippen LogP contribution in [0, 0.1) is 5.92 Å². The van der Waals surface area contributed by atoms with Crippen LogP contribution in [0.4, 0.5) is 17.2 Å². The van der Waals surface area contributed by atoms with Crippen LogP contribution in [0.25, 0.3) is 0 Å². The van der Waals surface area contributed by atoms with Gasteiger partial charge in [0, 0.05) is 13.1 Å². The third-order valence-corrected chi connectivity index (χ3v) is 3.59. The van der Waals surface area contributed by atoms with Crippen LogP contribution in [0.2, 0.25) is 0 Å². The molecule has 0 bridgehead atoms. The van der Waals surface area contributed by atoms with Gasteiger partial charge in [-0.15, -0.1) is 0 Å². The summed E-state index contributed by atoms with van der Waals surface area (Å²) >= 11 is 0. The summed E-state index contributed by atoms with van der Waals surface area (Å²) in [5, 5.41) is 5.97. The van der Waals surface area contributed by atoms with E-state index in [0.29, 0.717) is 29.9 Å². The Balaban J connectivity index is 2.07. The molecule has 1 saturated carbocycles. The first-order valence-electron chi connectivity index (χ1n) is 7.03. The number of carbonyl (C=O) groups excluding carboxylic acids is 1. The van der Waals surface area contributed by atoms with Crippen molar-refractivity contribution in [3.8, 4) is 5.88 Å². The average molecular weight is 278 g/mol. The van der Waals surface area contributed by atoms with Gasteiger partial charge in [0.1, 0.15) is 12.0 Å². The molecule has 1 aromatic rings. The molecule has 1 aliphatic carbocycles. The van der Waals surface area contributed by atoms with Crippen LogP contribution in [0.15, 0.2) is 6.07 Å². The van der Waals surface area contributed by atoms with Gasteiger partial charge in [-0.1, -0.05) is 12.8 Å². The van der Waals surface area contributed by atoms with Crippen LogP contribution >= 0.6 is 0 Å². The molecule has 2 rings (SSSR count). The van der Waals surface area contributed by atoms with Gasteiger partial charge in [-0.05, 0) is 18.8 Å². The lowest BCUT2D eigenvalue weighted by Gasteiger charge is -2.16. The third-order valence-electron chi connectivity index (χ3n) is 3.59. The van der Waals surface area contributed by atoms with Gasteiger partial charge in [0.15, 0.2) is 5.82 Å². The Hall–Kier alpha value is -1.98. The predicted octanol–water partition coefficient (Wildman–Crippen LogP) is 1.89. The summed E-state index contributed by atoms with van der Waals surface area (Å²) in [6.07, 6.45) is 5.82. The second kappa shape index (κ2) is 6.98. The minimum atomic E-state index is 0.222. The van der Waals surface area contributed by atoms with Gasteiger partial charge in [-0.3, -0.25) is 0 Å². The zero-order valence-electron chi connectivity index (χ0n) is 11.8. The largest absolute Gasteiger partial charge is 0.477 e. The third kappa shape index (κ3) is 3.53. The average Bonchev–Trinajstić information content (AvgIpc) is 2.96. The maximum atomic E-state index is 10.5. The molecule has 0 saturated heterocycles. The second-order valence-electron chi connectivity index (χ2n) is 5.03. The summed E-state index contributed by atoms with van der Waals surface area (Å²) in [4.78, 5) is 14.7. The highest BCUT2D eigenvalue weighted by Gasteiger charge is 2.17. The summed E-state index contributed by atoms with van der Waals surface area (Å²) in [7, 11) is 1.76. The summed E-state index contributed by atoms with van der Waals surface area (Å²) < 4.78 is 5.74. The molecule has 6 heteroatoms. The number of nitrogen functional groups attached to an aromatic ring is 1. The highest BCUT2D eigenvalue weighted by molar-refractivity contribution is 5.80. The van der Waals surface area contributed by atoms with E-state index in [-0.39, 0.29) is 6.54 Å². The zero-order chi connectivity index (χ0) is 14.4. The smallest absolute Gasteiger partial charge is 0.217 e. The minimum absolute atomic E-state index is 0.222. The van der Waals surface area contributed by atoms with Crippen molar-refractivity contribution in [1.82, 2.24) is 4.98 Å². The first-order chi connectivity index (χ1) is 9.74. The molecular formula is C14H22N4O2. The SMILES string of the molecule is CNc1c(NCC=O)cc(OCC2CCCC2)nc1N. The van der Waals surface area contributed by atoms with Crippen molar-refractivity contribution in [3.63, 3.8) is 0 Å². The molecule has 0 aliphatic heterocycles. The molecule has 0 atom stereocenters. The standard InChI is InChI=1S/C14H22N4O2/c1-16-13-11(17-6-7-19)8-12(18-14(13)15)20-9-10-4-2-3-5-10/h7-8,10,16H,2-6,9H2,1H3,(H3,15,17,18). The van der Waals surface area contributed by atoms with E-state index in [4.69, 9.17) is 10.5 Å². The molecule has 0 amide bonds. The highest BCUT2D eigenvalue weighted by Crippen LogP contribution is 2.31. The number of nitrogens with two attached hydrogens (primary N) is 1. The summed E-state index contributed by atoms with van der Waals surface area (Å²) in [5.41, 5.74) is 7.32. The molecule has 0 unspecified atom stereocenters. The summed E-state index contributed by atoms with van der Waals surface area (Å²) in [6.45, 7) is 0.901. The fourth-order valence-electron chi connectivity index (χ4n) is 2.55. The number of anilines is 3. The van der Waals surface area contributed by atoms with Crippen molar-refractivity contribution >= 4 is 23.5 Å². The number of ether oxygens (including phenoxy) is 1. The lowest BCUT2D eigenvalue weighted by Crippen LogP contribution is -2.12. The van der Waals surface area contributed by atoms with E-state index in [1.165, 1.54) is 25.7 Å². The molecule has 0 aromatic carbocycles. The van der Waals surface area contributed by atoms with E-state index < -0.39 is 0 Å². The van der Waals surface area contributed by atoms with Crippen molar-refractivity contribution in [2.45, 2.75) is 25.7 Å². The highest BCUT2D eigenvalue weighted by atomic mass is 16.5. The van der Waals surface area contributed by atoms with E-state index in [1.807, 2.05) is 0 Å². The Labute approximate surface area is 119 Å². The van der Waals surface area contributed by atoms with Gasteiger partial charge in [0.25, 0.3) is 0 Å². The molecule has 1 fully saturated rings. The molecule has 0 spiro atoms. The molecule has 0 radical (unpaired) electrons. The van der Waals surface area contributed by atoms with Crippen LogP contribution < -0.4 is 21.1 Å². The van der Waals surface area contributed by atoms with Gasteiger partial charge in [-0.25, -0.2) is 0 Å². The quantitative estimate of drug-likeness (QED) is 0.660. The lowest BCUT2D eigenvalue weighted by atomic mass is 10.1. The second-order valence-corrected chi connectivity index (χ2v) is 5.03. The normalized spacial score (nSPS) is 15.1. The Morgan fingerprint density at radius 2 is 2.25 bits per heavy atom. The van der Waals surface area contributed by atoms with Crippen LogP contribution in [0.1, 0.15) is 25.7 Å². The fourth-order valence-corrected chi connectivity index (χ4v) is 2.55. The summed E-state index contributed by atoms with van der Waals surface area (Å²) in [5.74, 6) is 1.49. The number of rotatable bonds is 7.